The summed E-state index contributed by atoms with van der Waals surface area (Å²) < 4.78 is 10.6. The van der Waals surface area contributed by atoms with E-state index in [-0.39, 0.29) is 38.1 Å². The van der Waals surface area contributed by atoms with Crippen LogP contribution in [0.3, 0.4) is 0 Å². The molecule has 1 heterocycles. The molecule has 2 N–H and O–H groups in total. The maximum absolute atomic E-state index is 13.5. The van der Waals surface area contributed by atoms with E-state index in [2.05, 4.69) is 10.6 Å². The predicted molar refractivity (Wildman–Crippen MR) is 156 cm³/mol. The quantitative estimate of drug-likeness (QED) is 0.339. The van der Waals surface area contributed by atoms with Crippen LogP contribution in [0.2, 0.25) is 0 Å². The van der Waals surface area contributed by atoms with Crippen LogP contribution >= 0.6 is 0 Å². The summed E-state index contributed by atoms with van der Waals surface area (Å²) in [4.78, 5) is 66.3. The highest BCUT2D eigenvalue weighted by molar-refractivity contribution is 6.09. The van der Waals surface area contributed by atoms with Crippen LogP contribution in [0, 0.1) is 17.8 Å². The van der Waals surface area contributed by atoms with E-state index in [1.807, 2.05) is 88.4 Å². The Bertz CT molecular complexity index is 1220. The van der Waals surface area contributed by atoms with Crippen LogP contribution in [0.4, 0.5) is 9.59 Å². The van der Waals surface area contributed by atoms with Crippen molar-refractivity contribution in [2.45, 2.75) is 65.8 Å². The van der Waals surface area contributed by atoms with Gasteiger partial charge in [0, 0.05) is 6.54 Å². The Morgan fingerprint density at radius 1 is 0.762 bits per heavy atom. The Morgan fingerprint density at radius 3 is 1.69 bits per heavy atom. The van der Waals surface area contributed by atoms with Crippen LogP contribution in [-0.2, 0) is 37.1 Å². The molecule has 2 aromatic rings. The fraction of sp³-hybridized carbons (Fsp3) is 0.469. The lowest BCUT2D eigenvalue weighted by Gasteiger charge is -2.25. The van der Waals surface area contributed by atoms with E-state index in [0.717, 1.165) is 11.1 Å². The van der Waals surface area contributed by atoms with Crippen LogP contribution in [0.15, 0.2) is 60.7 Å². The summed E-state index contributed by atoms with van der Waals surface area (Å²) in [5, 5.41) is 5.26. The van der Waals surface area contributed by atoms with Crippen molar-refractivity contribution in [2.24, 2.45) is 17.8 Å². The maximum Gasteiger partial charge on any atom is 0.408 e. The number of likely N-dealkylation sites (tertiary alicyclic amines) is 1. The Labute approximate surface area is 247 Å². The number of benzene rings is 2. The van der Waals surface area contributed by atoms with Crippen LogP contribution in [0.25, 0.3) is 0 Å². The molecule has 1 aliphatic rings. The summed E-state index contributed by atoms with van der Waals surface area (Å²) in [6.07, 6.45) is -0.868. The van der Waals surface area contributed by atoms with E-state index >= 15 is 0 Å². The predicted octanol–water partition coefficient (Wildman–Crippen LogP) is 4.27. The van der Waals surface area contributed by atoms with Crippen molar-refractivity contribution in [3.63, 3.8) is 0 Å². The number of Topliss-reactive ketones (excluding diaryl/α,β-unsaturated/α-hetero) is 2. The third-order valence-corrected chi connectivity index (χ3v) is 6.86. The van der Waals surface area contributed by atoms with Crippen molar-refractivity contribution >= 4 is 29.7 Å². The number of ketones is 2. The van der Waals surface area contributed by atoms with Crippen molar-refractivity contribution in [1.82, 2.24) is 15.5 Å². The van der Waals surface area contributed by atoms with E-state index in [4.69, 9.17) is 9.47 Å². The molecule has 1 aliphatic heterocycles. The summed E-state index contributed by atoms with van der Waals surface area (Å²) in [7, 11) is 0. The zero-order valence-corrected chi connectivity index (χ0v) is 24.7. The second-order valence-electron chi connectivity index (χ2n) is 11.4. The molecule has 0 radical (unpaired) electrons. The minimum Gasteiger partial charge on any atom is -0.445 e. The van der Waals surface area contributed by atoms with Gasteiger partial charge in [-0.15, -0.1) is 0 Å². The van der Waals surface area contributed by atoms with Crippen molar-refractivity contribution in [1.29, 1.82) is 0 Å². The van der Waals surface area contributed by atoms with Gasteiger partial charge in [0.15, 0.2) is 11.6 Å². The van der Waals surface area contributed by atoms with Crippen molar-refractivity contribution in [3.05, 3.63) is 71.8 Å². The monoisotopic (exact) mass is 579 g/mol. The average molecular weight is 580 g/mol. The number of hydrogen-bond donors (Lipinski definition) is 2. The summed E-state index contributed by atoms with van der Waals surface area (Å²) in [6, 6.07) is 16.4. The molecule has 10 heteroatoms. The molecule has 1 fully saturated rings. The number of hydrogen-bond acceptors (Lipinski definition) is 7. The summed E-state index contributed by atoms with van der Waals surface area (Å²) in [5.74, 6) is -2.31. The third-order valence-electron chi connectivity index (χ3n) is 6.86. The molecule has 0 saturated carbocycles. The lowest BCUT2D eigenvalue weighted by Crippen LogP contribution is -2.49. The van der Waals surface area contributed by atoms with Crippen LogP contribution in [0.5, 0.6) is 0 Å². The first-order valence-electron chi connectivity index (χ1n) is 14.3. The number of nitrogens with one attached hydrogen (secondary N) is 2. The topological polar surface area (TPSA) is 131 Å². The molecule has 0 bridgehead atoms. The fourth-order valence-corrected chi connectivity index (χ4v) is 4.79. The van der Waals surface area contributed by atoms with E-state index in [9.17, 15) is 24.0 Å². The number of ether oxygens (including phenoxy) is 2. The van der Waals surface area contributed by atoms with Gasteiger partial charge in [0.05, 0.1) is 18.5 Å². The largest absolute Gasteiger partial charge is 0.445 e. The van der Waals surface area contributed by atoms with Crippen molar-refractivity contribution in [2.75, 3.05) is 13.1 Å². The molecule has 0 spiro atoms. The standard InChI is InChI=1S/C32H41N3O7/c1-21(2)15-26(33-31(39)41-19-23-11-7-5-8-12-23)29(37)25-17-35(18-28(25)36)30(38)27(16-22(3)4)34-32(40)42-20-24-13-9-6-10-14-24/h5-14,21-22,25-27H,15-20H2,1-4H3,(H,33,39)(H,34,40)/t25?,26-,27-/m0/s1. The minimum absolute atomic E-state index is 0.0396. The van der Waals surface area contributed by atoms with Gasteiger partial charge in [-0.3, -0.25) is 14.4 Å². The first-order valence-corrected chi connectivity index (χ1v) is 14.3. The Morgan fingerprint density at radius 2 is 1.21 bits per heavy atom. The molecule has 0 aliphatic carbocycles. The second kappa shape index (κ2) is 15.7. The Hall–Kier alpha value is -4.21. The smallest absolute Gasteiger partial charge is 0.408 e. The van der Waals surface area contributed by atoms with Crippen LogP contribution < -0.4 is 10.6 Å². The van der Waals surface area contributed by atoms with Gasteiger partial charge < -0.3 is 25.0 Å². The zero-order chi connectivity index (χ0) is 30.6. The van der Waals surface area contributed by atoms with Gasteiger partial charge in [0.25, 0.3) is 0 Å². The molecule has 3 atom stereocenters. The Kier molecular flexibility index (Phi) is 12.1. The first kappa shape index (κ1) is 32.3. The molecule has 3 amide bonds. The highest BCUT2D eigenvalue weighted by Crippen LogP contribution is 2.21. The van der Waals surface area contributed by atoms with Gasteiger partial charge in [0.1, 0.15) is 19.3 Å². The highest BCUT2D eigenvalue weighted by Gasteiger charge is 2.43. The van der Waals surface area contributed by atoms with Gasteiger partial charge in [0.2, 0.25) is 5.91 Å². The summed E-state index contributed by atoms with van der Waals surface area (Å²) >= 11 is 0. The van der Waals surface area contributed by atoms with Gasteiger partial charge in [-0.2, -0.15) is 0 Å². The van der Waals surface area contributed by atoms with E-state index in [1.165, 1.54) is 4.90 Å². The number of amides is 3. The lowest BCUT2D eigenvalue weighted by molar-refractivity contribution is -0.134. The molecule has 42 heavy (non-hydrogen) atoms. The number of nitrogens with zero attached hydrogens (tertiary/aromatic N) is 1. The minimum atomic E-state index is -1.09. The average Bonchev–Trinajstić information content (AvgIpc) is 3.35. The molecular weight excluding hydrogens is 538 g/mol. The van der Waals surface area contributed by atoms with Gasteiger partial charge >= 0.3 is 12.2 Å². The normalized spacial score (nSPS) is 16.2. The third kappa shape index (κ3) is 10.0. The van der Waals surface area contributed by atoms with Crippen LogP contribution in [-0.4, -0.2) is 59.7 Å². The molecule has 1 unspecified atom stereocenters. The number of rotatable bonds is 13. The van der Waals surface area contributed by atoms with E-state index in [1.54, 1.807) is 0 Å². The van der Waals surface area contributed by atoms with Crippen molar-refractivity contribution in [3.8, 4) is 0 Å². The molecule has 2 aromatic carbocycles. The molecular formula is C32H41N3O7. The molecule has 0 aromatic heterocycles. The SMILES string of the molecule is CC(C)C[C@H](NC(=O)OCc1ccccc1)C(=O)C1CN(C(=O)[C@H](CC(C)C)NC(=O)OCc2ccccc2)CC1=O. The fourth-order valence-electron chi connectivity index (χ4n) is 4.79. The zero-order valence-electron chi connectivity index (χ0n) is 24.7. The molecule has 226 valence electrons. The van der Waals surface area contributed by atoms with Crippen LogP contribution in [0.1, 0.15) is 51.7 Å². The Balaban J connectivity index is 1.62. The molecule has 1 saturated heterocycles. The number of alkyl carbamates (subject to hydrolysis) is 2. The van der Waals surface area contributed by atoms with Gasteiger partial charge in [-0.05, 0) is 35.8 Å². The lowest BCUT2D eigenvalue weighted by atomic mass is 9.91. The highest BCUT2D eigenvalue weighted by atomic mass is 16.6. The molecule has 10 nitrogen and oxygen atoms in total. The van der Waals surface area contributed by atoms with E-state index in [0.29, 0.717) is 12.8 Å². The summed E-state index contributed by atoms with van der Waals surface area (Å²) in [6.45, 7) is 7.35. The molecule has 3 rings (SSSR count). The maximum atomic E-state index is 13.5. The first-order chi connectivity index (χ1) is 20.0. The van der Waals surface area contributed by atoms with Crippen molar-refractivity contribution < 1.29 is 33.4 Å². The van der Waals surface area contributed by atoms with Gasteiger partial charge in [-0.1, -0.05) is 88.4 Å². The second-order valence-corrected chi connectivity index (χ2v) is 11.4. The number of carbonyl (C=O) groups is 5. The van der Waals surface area contributed by atoms with Gasteiger partial charge in [-0.25, -0.2) is 9.59 Å². The number of carbonyl (C=O) groups excluding carboxylic acids is 5. The van der Waals surface area contributed by atoms with E-state index < -0.39 is 47.7 Å². The summed E-state index contributed by atoms with van der Waals surface area (Å²) in [5.41, 5.74) is 1.60.